The van der Waals surface area contributed by atoms with Gasteiger partial charge in [0, 0.05) is 47.8 Å². The first kappa shape index (κ1) is 22.1. The van der Waals surface area contributed by atoms with Gasteiger partial charge in [-0.05, 0) is 49.7 Å². The third-order valence-electron chi connectivity index (χ3n) is 6.38. The Kier molecular flexibility index (Phi) is 7.55. The van der Waals surface area contributed by atoms with E-state index in [0.717, 1.165) is 97.9 Å². The number of unbranched alkanes of at least 4 members (excludes halogenated alkanes) is 3. The number of ketones is 2. The molecule has 0 saturated carbocycles. The summed E-state index contributed by atoms with van der Waals surface area (Å²) >= 11 is 0. The molecule has 2 aliphatic rings. The number of Topliss-reactive ketones (excluding diaryl/α,β-unsaturated/α-hetero) is 2. The number of aryl methyl sites for hydroxylation is 2. The fourth-order valence-electron chi connectivity index (χ4n) is 4.51. The van der Waals surface area contributed by atoms with Crippen LogP contribution in [0, 0.1) is 0 Å². The van der Waals surface area contributed by atoms with Gasteiger partial charge in [-0.25, -0.2) is 0 Å². The van der Waals surface area contributed by atoms with Crippen LogP contribution in [0.3, 0.4) is 0 Å². The second-order valence-electron chi connectivity index (χ2n) is 8.63. The monoisotopic (exact) mass is 428 g/mol. The number of carbonyl (C=O) groups excluding carboxylic acids is 2. The first-order chi connectivity index (χ1) is 15.7. The van der Waals surface area contributed by atoms with Gasteiger partial charge >= 0.3 is 0 Å². The first-order valence-corrected chi connectivity index (χ1v) is 11.8. The second kappa shape index (κ2) is 10.9. The number of allylic oxidation sites excluding steroid dienone is 2. The van der Waals surface area contributed by atoms with Gasteiger partial charge in [0.25, 0.3) is 0 Å². The van der Waals surface area contributed by atoms with Crippen molar-refractivity contribution < 1.29 is 9.59 Å². The quantitative estimate of drug-likeness (QED) is 0.428. The van der Waals surface area contributed by atoms with Crippen LogP contribution in [-0.2, 0) is 12.8 Å². The molecule has 4 nitrogen and oxygen atoms in total. The Morgan fingerprint density at radius 1 is 0.594 bits per heavy atom. The molecule has 0 aromatic heterocycles. The molecule has 0 unspecified atom stereocenters. The molecule has 0 fully saturated rings. The van der Waals surface area contributed by atoms with Crippen LogP contribution >= 0.6 is 0 Å². The van der Waals surface area contributed by atoms with Crippen LogP contribution in [0.2, 0.25) is 0 Å². The van der Waals surface area contributed by atoms with Gasteiger partial charge in [-0.1, -0.05) is 61.4 Å². The molecule has 0 radical (unpaired) electrons. The van der Waals surface area contributed by atoms with E-state index in [1.807, 2.05) is 48.8 Å². The van der Waals surface area contributed by atoms with E-state index in [0.29, 0.717) is 0 Å². The van der Waals surface area contributed by atoms with Crippen LogP contribution in [0.5, 0.6) is 0 Å². The smallest absolute Gasteiger partial charge is 0.190 e. The van der Waals surface area contributed by atoms with E-state index in [4.69, 9.17) is 0 Å². The lowest BCUT2D eigenvalue weighted by Gasteiger charge is -2.17. The van der Waals surface area contributed by atoms with Crippen molar-refractivity contribution in [2.45, 2.75) is 51.4 Å². The van der Waals surface area contributed by atoms with E-state index in [-0.39, 0.29) is 11.6 Å². The zero-order chi connectivity index (χ0) is 22.2. The summed E-state index contributed by atoms with van der Waals surface area (Å²) < 4.78 is 0. The molecule has 4 rings (SSSR count). The molecule has 0 heterocycles. The summed E-state index contributed by atoms with van der Waals surface area (Å²) in [5.74, 6) is 0.332. The summed E-state index contributed by atoms with van der Waals surface area (Å²) in [7, 11) is 0. The van der Waals surface area contributed by atoms with Crippen molar-refractivity contribution in [3.8, 4) is 0 Å². The average molecular weight is 429 g/mol. The SMILES string of the molecule is O=C1/C(=C/NCCCCCCN/C=C2\CCc3ccccc3C2=O)CCc2ccccc21. The minimum atomic E-state index is 0.166. The maximum absolute atomic E-state index is 12.5. The molecular weight excluding hydrogens is 396 g/mol. The van der Waals surface area contributed by atoms with Crippen LogP contribution in [0.25, 0.3) is 0 Å². The molecule has 4 heteroatoms. The van der Waals surface area contributed by atoms with Crippen molar-refractivity contribution in [1.82, 2.24) is 10.6 Å². The Labute approximate surface area is 190 Å². The first-order valence-electron chi connectivity index (χ1n) is 11.8. The van der Waals surface area contributed by atoms with Gasteiger partial charge in [-0.15, -0.1) is 0 Å². The molecule has 0 aliphatic heterocycles. The van der Waals surface area contributed by atoms with Crippen molar-refractivity contribution in [2.24, 2.45) is 0 Å². The maximum Gasteiger partial charge on any atom is 0.190 e. The zero-order valence-corrected chi connectivity index (χ0v) is 18.7. The average Bonchev–Trinajstić information content (AvgIpc) is 2.83. The predicted molar refractivity (Wildman–Crippen MR) is 129 cm³/mol. The molecule has 32 heavy (non-hydrogen) atoms. The molecule has 166 valence electrons. The Morgan fingerprint density at radius 2 is 1.03 bits per heavy atom. The van der Waals surface area contributed by atoms with Gasteiger partial charge in [0.05, 0.1) is 0 Å². The number of hydrogen-bond acceptors (Lipinski definition) is 4. The minimum Gasteiger partial charge on any atom is -0.391 e. The van der Waals surface area contributed by atoms with E-state index in [1.165, 1.54) is 0 Å². The van der Waals surface area contributed by atoms with Gasteiger partial charge in [0.15, 0.2) is 11.6 Å². The number of carbonyl (C=O) groups is 2. The highest BCUT2D eigenvalue weighted by molar-refractivity contribution is 6.11. The lowest BCUT2D eigenvalue weighted by atomic mass is 9.87. The molecule has 0 saturated heterocycles. The molecule has 2 N–H and O–H groups in total. The number of hydrogen-bond donors (Lipinski definition) is 2. The second-order valence-corrected chi connectivity index (χ2v) is 8.63. The third-order valence-corrected chi connectivity index (χ3v) is 6.38. The summed E-state index contributed by atoms with van der Waals surface area (Å²) in [5, 5.41) is 6.66. The van der Waals surface area contributed by atoms with Crippen molar-refractivity contribution in [3.05, 3.63) is 94.3 Å². The van der Waals surface area contributed by atoms with Crippen LogP contribution in [0.15, 0.2) is 72.1 Å². The Morgan fingerprint density at radius 3 is 1.50 bits per heavy atom. The van der Waals surface area contributed by atoms with Gasteiger partial charge < -0.3 is 10.6 Å². The van der Waals surface area contributed by atoms with Crippen molar-refractivity contribution in [2.75, 3.05) is 13.1 Å². The van der Waals surface area contributed by atoms with Gasteiger partial charge in [0.2, 0.25) is 0 Å². The summed E-state index contributed by atoms with van der Waals surface area (Å²) in [5.41, 5.74) is 5.82. The molecule has 0 bridgehead atoms. The Hall–Kier alpha value is -3.14. The van der Waals surface area contributed by atoms with E-state index >= 15 is 0 Å². The van der Waals surface area contributed by atoms with Crippen LogP contribution in [0.4, 0.5) is 0 Å². The number of benzene rings is 2. The topological polar surface area (TPSA) is 58.2 Å². The molecule has 0 spiro atoms. The standard InChI is InChI=1S/C28H32N2O2/c31-27-23(15-13-21-9-3-5-11-25(21)27)19-29-17-7-1-2-8-18-30-20-24-16-14-22-10-4-6-12-26(22)28(24)32/h3-6,9-12,19-20,29-30H,1-2,7-8,13-18H2/b23-19+,24-20+. The van der Waals surface area contributed by atoms with Crippen molar-refractivity contribution in [3.63, 3.8) is 0 Å². The number of rotatable bonds is 9. The van der Waals surface area contributed by atoms with Crippen LogP contribution < -0.4 is 10.6 Å². The fourth-order valence-corrected chi connectivity index (χ4v) is 4.51. The molecular formula is C28H32N2O2. The lowest BCUT2D eigenvalue weighted by molar-refractivity contribution is 0.101. The normalized spacial score (nSPS) is 17.9. The van der Waals surface area contributed by atoms with Crippen molar-refractivity contribution in [1.29, 1.82) is 0 Å². The van der Waals surface area contributed by atoms with Crippen LogP contribution in [-0.4, -0.2) is 24.7 Å². The predicted octanol–water partition coefficient (Wildman–Crippen LogP) is 5.15. The van der Waals surface area contributed by atoms with E-state index in [1.54, 1.807) is 0 Å². The molecule has 2 aromatic carbocycles. The summed E-state index contributed by atoms with van der Waals surface area (Å²) in [6.07, 6.45) is 11.8. The minimum absolute atomic E-state index is 0.166. The van der Waals surface area contributed by atoms with Crippen molar-refractivity contribution >= 4 is 11.6 Å². The lowest BCUT2D eigenvalue weighted by Crippen LogP contribution is -2.18. The van der Waals surface area contributed by atoms with Gasteiger partial charge in [-0.3, -0.25) is 9.59 Å². The van der Waals surface area contributed by atoms with E-state index in [9.17, 15) is 9.59 Å². The highest BCUT2D eigenvalue weighted by atomic mass is 16.1. The third kappa shape index (κ3) is 5.37. The summed E-state index contributed by atoms with van der Waals surface area (Å²) in [4.78, 5) is 25.1. The highest BCUT2D eigenvalue weighted by Gasteiger charge is 2.21. The van der Waals surface area contributed by atoms with Crippen LogP contribution in [0.1, 0.15) is 70.4 Å². The zero-order valence-electron chi connectivity index (χ0n) is 18.7. The maximum atomic E-state index is 12.5. The summed E-state index contributed by atoms with van der Waals surface area (Å²) in [6, 6.07) is 15.8. The molecule has 2 aliphatic carbocycles. The summed E-state index contributed by atoms with van der Waals surface area (Å²) in [6.45, 7) is 1.79. The van der Waals surface area contributed by atoms with E-state index < -0.39 is 0 Å². The molecule has 0 amide bonds. The number of fused-ring (bicyclic) bond motifs is 2. The van der Waals surface area contributed by atoms with Gasteiger partial charge in [-0.2, -0.15) is 0 Å². The molecule has 2 aromatic rings. The van der Waals surface area contributed by atoms with Gasteiger partial charge in [0.1, 0.15) is 0 Å². The largest absolute Gasteiger partial charge is 0.391 e. The van der Waals surface area contributed by atoms with E-state index in [2.05, 4.69) is 22.8 Å². The fraction of sp³-hybridized carbons (Fsp3) is 0.357. The highest BCUT2D eigenvalue weighted by Crippen LogP contribution is 2.25. The Bertz CT molecular complexity index is 952. The number of nitrogens with one attached hydrogen (secondary N) is 2. The molecule has 0 atom stereocenters. The Balaban J connectivity index is 1.09.